The van der Waals surface area contributed by atoms with Gasteiger partial charge in [0.1, 0.15) is 5.56 Å². The highest BCUT2D eigenvalue weighted by Crippen LogP contribution is 2.31. The van der Waals surface area contributed by atoms with E-state index in [0.717, 1.165) is 27.8 Å². The zero-order valence-corrected chi connectivity index (χ0v) is 18.3. The third-order valence-corrected chi connectivity index (χ3v) is 5.57. The zero-order chi connectivity index (χ0) is 22.9. The summed E-state index contributed by atoms with van der Waals surface area (Å²) in [4.78, 5) is 17.5. The van der Waals surface area contributed by atoms with Gasteiger partial charge in [-0.1, -0.05) is 36.3 Å². The lowest BCUT2D eigenvalue weighted by Gasteiger charge is -2.18. The van der Waals surface area contributed by atoms with Gasteiger partial charge in [-0.3, -0.25) is 4.79 Å². The average molecular weight is 435 g/mol. The van der Waals surface area contributed by atoms with Crippen molar-refractivity contribution < 1.29 is 4.79 Å². The van der Waals surface area contributed by atoms with Gasteiger partial charge in [0.15, 0.2) is 11.5 Å². The molecule has 0 aliphatic rings. The van der Waals surface area contributed by atoms with Gasteiger partial charge >= 0.3 is 0 Å². The third kappa shape index (κ3) is 3.48. The molecule has 7 heteroatoms. The Labute approximate surface area is 190 Å². The number of fused-ring (bicyclic) bond motifs is 2. The van der Waals surface area contributed by atoms with Crippen molar-refractivity contribution in [2.75, 3.05) is 5.73 Å². The number of rotatable bonds is 4. The van der Waals surface area contributed by atoms with Crippen LogP contribution in [-0.4, -0.2) is 25.1 Å². The second-order valence-electron chi connectivity index (χ2n) is 7.70. The number of nitrogen functional groups attached to an aromatic ring is 1. The van der Waals surface area contributed by atoms with Gasteiger partial charge in [0.2, 0.25) is 0 Å². The minimum absolute atomic E-state index is 0.141. The fourth-order valence-electron chi connectivity index (χ4n) is 4.15. The molecule has 3 heterocycles. The van der Waals surface area contributed by atoms with Gasteiger partial charge in [0.05, 0.1) is 11.6 Å². The normalized spacial score (nSPS) is 11.8. The number of amides is 1. The summed E-state index contributed by atoms with van der Waals surface area (Å²) in [7, 11) is 0. The quantitative estimate of drug-likeness (QED) is 0.417. The first kappa shape index (κ1) is 20.3. The summed E-state index contributed by atoms with van der Waals surface area (Å²) in [6.45, 7) is 3.78. The van der Waals surface area contributed by atoms with Crippen LogP contribution in [0, 0.1) is 11.8 Å². The molecule has 0 aliphatic carbocycles. The molecule has 33 heavy (non-hydrogen) atoms. The summed E-state index contributed by atoms with van der Waals surface area (Å²) in [5, 5.41) is 8.33. The van der Waals surface area contributed by atoms with Crippen LogP contribution in [0.3, 0.4) is 0 Å². The van der Waals surface area contributed by atoms with Crippen LogP contribution in [0.15, 0.2) is 73.1 Å². The van der Waals surface area contributed by atoms with Gasteiger partial charge < -0.3 is 15.6 Å². The molecule has 1 amide bonds. The number of nitrogens with zero attached hydrogens (tertiary/aromatic N) is 4. The van der Waals surface area contributed by atoms with Crippen molar-refractivity contribution >= 4 is 28.3 Å². The highest BCUT2D eigenvalue weighted by Gasteiger charge is 2.24. The van der Waals surface area contributed by atoms with Gasteiger partial charge in [-0.2, -0.15) is 0 Å². The summed E-state index contributed by atoms with van der Waals surface area (Å²) >= 11 is 0. The summed E-state index contributed by atoms with van der Waals surface area (Å²) in [6.07, 6.45) is 3.32. The molecule has 3 N–H and O–H groups in total. The van der Waals surface area contributed by atoms with Crippen molar-refractivity contribution in [2.24, 2.45) is 0 Å². The second kappa shape index (κ2) is 8.17. The predicted molar refractivity (Wildman–Crippen MR) is 129 cm³/mol. The largest absolute Gasteiger partial charge is 0.381 e. The van der Waals surface area contributed by atoms with E-state index in [0.29, 0.717) is 5.65 Å². The Morgan fingerprint density at radius 1 is 1.12 bits per heavy atom. The van der Waals surface area contributed by atoms with Gasteiger partial charge in [-0.25, -0.2) is 9.50 Å². The van der Waals surface area contributed by atoms with E-state index < -0.39 is 0 Å². The number of benzene rings is 2. The van der Waals surface area contributed by atoms with Crippen LogP contribution in [0.25, 0.3) is 22.2 Å². The van der Waals surface area contributed by atoms with Crippen LogP contribution < -0.4 is 11.1 Å². The van der Waals surface area contributed by atoms with Crippen LogP contribution in [0.2, 0.25) is 0 Å². The molecule has 2 aromatic carbocycles. The first-order chi connectivity index (χ1) is 16.1. The van der Waals surface area contributed by atoms with Crippen LogP contribution in [0.4, 0.5) is 5.82 Å². The zero-order valence-electron chi connectivity index (χ0n) is 18.3. The number of hydrogen-bond acceptors (Lipinski definition) is 4. The molecule has 162 valence electrons. The van der Waals surface area contributed by atoms with E-state index in [2.05, 4.69) is 43.9 Å². The molecular weight excluding hydrogens is 412 g/mol. The number of nitrogens with one attached hydrogen (secondary N) is 1. The molecule has 0 saturated carbocycles. The monoisotopic (exact) mass is 434 g/mol. The predicted octanol–water partition coefficient (Wildman–Crippen LogP) is 4.12. The number of nitrogens with two attached hydrogens (primary N) is 1. The van der Waals surface area contributed by atoms with E-state index >= 15 is 0 Å². The minimum Gasteiger partial charge on any atom is -0.381 e. The van der Waals surface area contributed by atoms with Crippen LogP contribution in [0.1, 0.15) is 41.5 Å². The Hall–Kier alpha value is -4.57. The summed E-state index contributed by atoms with van der Waals surface area (Å²) in [5.74, 6) is 6.03. The van der Waals surface area contributed by atoms with Crippen molar-refractivity contribution in [3.05, 3.63) is 89.9 Å². The van der Waals surface area contributed by atoms with E-state index in [4.69, 9.17) is 5.73 Å². The molecule has 3 aromatic heterocycles. The van der Waals surface area contributed by atoms with E-state index in [-0.39, 0.29) is 23.3 Å². The fourth-order valence-corrected chi connectivity index (χ4v) is 4.15. The maximum atomic E-state index is 13.2. The number of hydrogen-bond donors (Lipinski definition) is 2. The van der Waals surface area contributed by atoms with Crippen molar-refractivity contribution in [2.45, 2.75) is 19.9 Å². The lowest BCUT2D eigenvalue weighted by molar-refractivity contribution is 0.0941. The Kier molecular flexibility index (Phi) is 5.04. The van der Waals surface area contributed by atoms with Crippen molar-refractivity contribution in [3.63, 3.8) is 0 Å². The van der Waals surface area contributed by atoms with E-state index in [9.17, 15) is 4.79 Å². The molecule has 7 nitrogen and oxygen atoms in total. The molecule has 5 aromatic rings. The topological polar surface area (TPSA) is 90.2 Å². The van der Waals surface area contributed by atoms with Crippen LogP contribution in [-0.2, 0) is 0 Å². The van der Waals surface area contributed by atoms with E-state index in [1.807, 2.05) is 56.3 Å². The Bertz CT molecular complexity index is 1550. The smallest absolute Gasteiger partial charge is 0.259 e. The molecular formula is C26H22N6O. The molecule has 1 atom stereocenters. The lowest BCUT2D eigenvalue weighted by atomic mass is 10.1. The number of carbonyl (C=O) groups is 1. The van der Waals surface area contributed by atoms with Gasteiger partial charge in [0.25, 0.3) is 5.91 Å². The first-order valence-corrected chi connectivity index (χ1v) is 10.6. The molecule has 0 aliphatic heterocycles. The summed E-state index contributed by atoms with van der Waals surface area (Å²) < 4.78 is 3.66. The molecule has 5 rings (SSSR count). The van der Waals surface area contributed by atoms with Gasteiger partial charge in [-0.05, 0) is 44.2 Å². The highest BCUT2D eigenvalue weighted by atomic mass is 16.1. The Balaban J connectivity index is 1.62. The number of aromatic nitrogens is 4. The number of para-hydroxylation sites is 2. The number of carbonyl (C=O) groups excluding carboxylic acids is 1. The van der Waals surface area contributed by atoms with Crippen LogP contribution >= 0.6 is 0 Å². The highest BCUT2D eigenvalue weighted by molar-refractivity contribution is 6.04. The number of anilines is 1. The Morgan fingerprint density at radius 3 is 2.73 bits per heavy atom. The Morgan fingerprint density at radius 2 is 1.94 bits per heavy atom. The second-order valence-corrected chi connectivity index (χ2v) is 7.70. The first-order valence-electron chi connectivity index (χ1n) is 10.6. The van der Waals surface area contributed by atoms with E-state index in [1.54, 1.807) is 18.5 Å². The fraction of sp³-hybridized carbons (Fsp3) is 0.115. The SMILES string of the molecule is CC#Cc1cccc2cc([C@H](C)NC(=O)c3c(N)nn4cccnc34)n(-c3ccccc3)c12. The summed E-state index contributed by atoms with van der Waals surface area (Å²) in [5.41, 5.74) is 10.6. The average Bonchev–Trinajstić information content (AvgIpc) is 3.38. The van der Waals surface area contributed by atoms with Crippen molar-refractivity contribution in [1.82, 2.24) is 24.5 Å². The molecule has 0 fully saturated rings. The molecule has 0 saturated heterocycles. The molecule has 0 spiro atoms. The third-order valence-electron chi connectivity index (χ3n) is 5.57. The standard InChI is InChI=1S/C26H22N6O/c1-3-9-18-10-7-11-19-16-21(32(23(18)19)20-12-5-4-6-13-20)17(2)29-26(33)22-24(27)30-31-15-8-14-28-25(22)31/h4-8,10-17H,1-2H3,(H2,27,30)(H,29,33)/t17-/m0/s1. The lowest BCUT2D eigenvalue weighted by Crippen LogP contribution is -2.28. The maximum Gasteiger partial charge on any atom is 0.259 e. The maximum absolute atomic E-state index is 13.2. The van der Waals surface area contributed by atoms with E-state index in [1.165, 1.54) is 4.52 Å². The molecule has 0 bridgehead atoms. The molecule has 0 radical (unpaired) electrons. The summed E-state index contributed by atoms with van der Waals surface area (Å²) in [6, 6.07) is 19.6. The van der Waals surface area contributed by atoms with Crippen molar-refractivity contribution in [1.29, 1.82) is 0 Å². The minimum atomic E-state index is -0.328. The van der Waals surface area contributed by atoms with Crippen molar-refractivity contribution in [3.8, 4) is 17.5 Å². The van der Waals surface area contributed by atoms with Gasteiger partial charge in [-0.15, -0.1) is 11.0 Å². The van der Waals surface area contributed by atoms with Gasteiger partial charge in [0, 0.05) is 34.7 Å². The van der Waals surface area contributed by atoms with Crippen LogP contribution in [0.5, 0.6) is 0 Å². The molecule has 0 unspecified atom stereocenters.